The van der Waals surface area contributed by atoms with Gasteiger partial charge in [-0.15, -0.1) is 0 Å². The average Bonchev–Trinajstić information content (AvgIpc) is 2.80. The van der Waals surface area contributed by atoms with Crippen LogP contribution in [0, 0.1) is 0 Å². The van der Waals surface area contributed by atoms with Gasteiger partial charge in [0.25, 0.3) is 0 Å². The minimum absolute atomic E-state index is 0.119. The van der Waals surface area contributed by atoms with E-state index in [0.29, 0.717) is 16.2 Å². The monoisotopic (exact) mass is 410 g/mol. The second-order valence-electron chi connectivity index (χ2n) is 6.99. The van der Waals surface area contributed by atoms with Crippen LogP contribution in [0.25, 0.3) is 22.2 Å². The van der Waals surface area contributed by atoms with Crippen molar-refractivity contribution in [2.45, 2.75) is 13.3 Å². The fraction of sp³-hybridized carbons (Fsp3) is 0.0769. The van der Waals surface area contributed by atoms with Crippen molar-refractivity contribution >= 4 is 45.1 Å². The Morgan fingerprint density at radius 1 is 0.867 bits per heavy atom. The predicted octanol–water partition coefficient (Wildman–Crippen LogP) is 4.82. The minimum atomic E-state index is -0.119. The molecule has 3 nitrogen and oxygen atoms in total. The van der Waals surface area contributed by atoms with Gasteiger partial charge < -0.3 is 10.4 Å². The molecule has 0 aliphatic heterocycles. The summed E-state index contributed by atoms with van der Waals surface area (Å²) in [5.41, 5.74) is 3.10. The molecule has 0 radical (unpaired) electrons. The number of nitrogens with one attached hydrogen (secondary N) is 1. The van der Waals surface area contributed by atoms with Gasteiger partial charge in [-0.2, -0.15) is 4.57 Å². The zero-order chi connectivity index (χ0) is 20.9. The Labute approximate surface area is 181 Å². The van der Waals surface area contributed by atoms with Gasteiger partial charge in [-0.1, -0.05) is 85.9 Å². The number of hydrogen-bond acceptors (Lipinski definition) is 2. The fourth-order valence-corrected chi connectivity index (χ4v) is 3.74. The molecule has 0 amide bonds. The third kappa shape index (κ3) is 4.09. The van der Waals surface area contributed by atoms with E-state index in [1.165, 1.54) is 5.56 Å². The third-order valence-electron chi connectivity index (χ3n) is 5.07. The highest BCUT2D eigenvalue weighted by atomic mass is 32.1. The van der Waals surface area contributed by atoms with Crippen molar-refractivity contribution < 1.29 is 9.67 Å². The highest BCUT2D eigenvalue weighted by Crippen LogP contribution is 2.24. The Kier molecular flexibility index (Phi) is 5.87. The molecule has 0 bridgehead atoms. The van der Waals surface area contributed by atoms with Crippen molar-refractivity contribution in [2.24, 2.45) is 0 Å². The van der Waals surface area contributed by atoms with Crippen LogP contribution in [-0.4, -0.2) is 4.99 Å². The quantitative estimate of drug-likeness (QED) is 0.222. The Morgan fingerprint density at radius 3 is 2.30 bits per heavy atom. The highest BCUT2D eigenvalue weighted by molar-refractivity contribution is 7.81. The van der Waals surface area contributed by atoms with Gasteiger partial charge >= 0.3 is 0 Å². The van der Waals surface area contributed by atoms with Gasteiger partial charge in [0.2, 0.25) is 5.70 Å². The molecule has 0 spiro atoms. The van der Waals surface area contributed by atoms with Crippen molar-refractivity contribution in [3.05, 3.63) is 108 Å². The van der Waals surface area contributed by atoms with Crippen LogP contribution in [0.2, 0.25) is 0 Å². The second kappa shape index (κ2) is 8.89. The molecule has 1 aromatic heterocycles. The largest absolute Gasteiger partial charge is 0.867 e. The summed E-state index contributed by atoms with van der Waals surface area (Å²) in [7, 11) is 0. The third-order valence-corrected chi connectivity index (χ3v) is 5.36. The summed E-state index contributed by atoms with van der Waals surface area (Å²) < 4.78 is 1.77. The standard InChI is InChI=1S/C26H22N2OS/c1-2-19-13-15-21(16-14-19)25(29)24(28-17-6-3-7-18-28)26(30)27-23-12-8-10-20-9-4-5-11-22(20)23/h3-18H,2H2,1H3,(H-,27,29,30). The molecule has 0 fully saturated rings. The van der Waals surface area contributed by atoms with Crippen molar-refractivity contribution in [2.75, 3.05) is 5.32 Å². The molecule has 4 aromatic rings. The van der Waals surface area contributed by atoms with Gasteiger partial charge in [-0.05, 0) is 34.8 Å². The van der Waals surface area contributed by atoms with Crippen molar-refractivity contribution in [1.29, 1.82) is 0 Å². The van der Waals surface area contributed by atoms with Crippen LogP contribution in [0.5, 0.6) is 0 Å². The topological polar surface area (TPSA) is 39.0 Å². The summed E-state index contributed by atoms with van der Waals surface area (Å²) >= 11 is 5.74. The number of pyridine rings is 1. The van der Waals surface area contributed by atoms with Crippen molar-refractivity contribution in [3.8, 4) is 0 Å². The smallest absolute Gasteiger partial charge is 0.238 e. The lowest BCUT2D eigenvalue weighted by Crippen LogP contribution is -2.39. The fourth-order valence-electron chi connectivity index (χ4n) is 3.43. The maximum atomic E-state index is 13.5. The van der Waals surface area contributed by atoms with E-state index in [4.69, 9.17) is 12.2 Å². The van der Waals surface area contributed by atoms with Crippen LogP contribution in [0.3, 0.4) is 0 Å². The molecule has 0 saturated carbocycles. The van der Waals surface area contributed by atoms with Crippen LogP contribution in [0.15, 0.2) is 97.3 Å². The van der Waals surface area contributed by atoms with E-state index < -0.39 is 0 Å². The molecule has 148 valence electrons. The van der Waals surface area contributed by atoms with E-state index in [1.54, 1.807) is 4.57 Å². The van der Waals surface area contributed by atoms with Gasteiger partial charge in [0.1, 0.15) is 0 Å². The molecule has 4 rings (SSSR count). The maximum absolute atomic E-state index is 13.5. The molecular formula is C26H22N2OS. The van der Waals surface area contributed by atoms with Crippen molar-refractivity contribution in [1.82, 2.24) is 0 Å². The molecule has 1 N–H and O–H groups in total. The molecule has 4 heteroatoms. The average molecular weight is 411 g/mol. The van der Waals surface area contributed by atoms with Crippen molar-refractivity contribution in [3.63, 3.8) is 0 Å². The molecule has 0 atom stereocenters. The first-order valence-electron chi connectivity index (χ1n) is 9.93. The normalized spacial score (nSPS) is 11.8. The number of hydrogen-bond donors (Lipinski definition) is 1. The zero-order valence-corrected chi connectivity index (χ0v) is 17.5. The van der Waals surface area contributed by atoms with Crippen LogP contribution in [0.1, 0.15) is 18.1 Å². The summed E-state index contributed by atoms with van der Waals surface area (Å²) in [6.07, 6.45) is 4.61. The van der Waals surface area contributed by atoms with Crippen LogP contribution in [0.4, 0.5) is 5.69 Å². The van der Waals surface area contributed by atoms with Gasteiger partial charge in [0, 0.05) is 23.2 Å². The van der Waals surface area contributed by atoms with Gasteiger partial charge in [0.05, 0.1) is 0 Å². The SMILES string of the molecule is CCc1ccc(/C([O-])=C(/C(=S)Nc2cccc3ccccc23)[n+]2ccccc2)cc1. The summed E-state index contributed by atoms with van der Waals surface area (Å²) in [4.78, 5) is 0.382. The number of fused-ring (bicyclic) bond motifs is 1. The van der Waals surface area contributed by atoms with Crippen LogP contribution < -0.4 is 15.0 Å². The van der Waals surface area contributed by atoms with Gasteiger partial charge in [-0.25, -0.2) is 0 Å². The van der Waals surface area contributed by atoms with E-state index in [2.05, 4.69) is 24.4 Å². The number of benzene rings is 3. The highest BCUT2D eigenvalue weighted by Gasteiger charge is 2.19. The first-order chi connectivity index (χ1) is 14.7. The Balaban J connectivity index is 1.78. The molecule has 0 aliphatic rings. The minimum Gasteiger partial charge on any atom is -0.867 e. The second-order valence-corrected chi connectivity index (χ2v) is 7.40. The van der Waals surface area contributed by atoms with Gasteiger partial charge in [-0.3, -0.25) is 0 Å². The van der Waals surface area contributed by atoms with E-state index in [9.17, 15) is 5.11 Å². The van der Waals surface area contributed by atoms with Crippen LogP contribution >= 0.6 is 12.2 Å². The van der Waals surface area contributed by atoms with Gasteiger partial charge in [0.15, 0.2) is 17.4 Å². The Bertz CT molecular complexity index is 1210. The maximum Gasteiger partial charge on any atom is 0.238 e. The number of anilines is 1. The molecule has 0 aliphatic carbocycles. The number of aryl methyl sites for hydroxylation is 1. The lowest BCUT2D eigenvalue weighted by Gasteiger charge is -2.18. The van der Waals surface area contributed by atoms with E-state index >= 15 is 0 Å². The summed E-state index contributed by atoms with van der Waals surface area (Å²) in [6, 6.07) is 27.5. The molecule has 0 saturated heterocycles. The van der Waals surface area contributed by atoms with E-state index in [-0.39, 0.29) is 5.76 Å². The predicted molar refractivity (Wildman–Crippen MR) is 126 cm³/mol. The summed E-state index contributed by atoms with van der Waals surface area (Å²) in [6.45, 7) is 2.09. The lowest BCUT2D eigenvalue weighted by atomic mass is 10.1. The molecular weight excluding hydrogens is 388 g/mol. The molecule has 1 heterocycles. The zero-order valence-electron chi connectivity index (χ0n) is 16.7. The number of thiocarbonyl (C=S) groups is 1. The Morgan fingerprint density at radius 2 is 1.57 bits per heavy atom. The van der Waals surface area contributed by atoms with Crippen LogP contribution in [-0.2, 0) is 6.42 Å². The van der Waals surface area contributed by atoms with E-state index in [1.807, 2.05) is 85.2 Å². The Hall–Kier alpha value is -3.50. The molecule has 0 unspecified atom stereocenters. The lowest BCUT2D eigenvalue weighted by molar-refractivity contribution is -0.577. The summed E-state index contributed by atoms with van der Waals surface area (Å²) in [5.74, 6) is -0.119. The first kappa shape index (κ1) is 19.8. The molecule has 3 aromatic carbocycles. The number of aromatic nitrogens is 1. The number of nitrogens with zero attached hydrogens (tertiary/aromatic N) is 1. The van der Waals surface area contributed by atoms with E-state index in [0.717, 1.165) is 22.9 Å². The molecule has 30 heavy (non-hydrogen) atoms. The number of rotatable bonds is 5. The summed E-state index contributed by atoms with van der Waals surface area (Å²) in [5, 5.41) is 18.9. The first-order valence-corrected chi connectivity index (χ1v) is 10.3.